The summed E-state index contributed by atoms with van der Waals surface area (Å²) in [4.78, 5) is 2.40. The molecule has 1 aliphatic heterocycles. The highest BCUT2D eigenvalue weighted by molar-refractivity contribution is 5.48. The molecule has 1 saturated heterocycles. The Morgan fingerprint density at radius 3 is 2.67 bits per heavy atom. The third-order valence-corrected chi connectivity index (χ3v) is 3.66. The molecule has 0 amide bonds. The fourth-order valence-corrected chi connectivity index (χ4v) is 2.48. The van der Waals surface area contributed by atoms with Crippen molar-refractivity contribution < 1.29 is 5.11 Å². The largest absolute Gasteiger partial charge is 0.396 e. The Balaban J connectivity index is 2.02. The normalized spacial score (nSPS) is 20.4. The molecule has 1 aromatic carbocycles. The van der Waals surface area contributed by atoms with Crippen LogP contribution in [-0.2, 0) is 0 Å². The number of rotatable bonds is 4. The van der Waals surface area contributed by atoms with Gasteiger partial charge in [0.25, 0.3) is 0 Å². The molecule has 100 valence electrons. The number of hydrogen-bond donors (Lipinski definition) is 2. The second-order valence-corrected chi connectivity index (χ2v) is 5.36. The molecule has 1 aliphatic rings. The smallest absolute Gasteiger partial charge is 0.0446 e. The van der Waals surface area contributed by atoms with Crippen molar-refractivity contribution in [3.05, 3.63) is 29.8 Å². The summed E-state index contributed by atoms with van der Waals surface area (Å²) >= 11 is 0. The summed E-state index contributed by atoms with van der Waals surface area (Å²) in [5.74, 6) is 0.587. The van der Waals surface area contributed by atoms with Crippen molar-refractivity contribution in [2.24, 2.45) is 0 Å². The van der Waals surface area contributed by atoms with Crippen LogP contribution in [0.3, 0.4) is 0 Å². The average Bonchev–Trinajstić information content (AvgIpc) is 2.39. The van der Waals surface area contributed by atoms with Crippen LogP contribution in [-0.4, -0.2) is 37.4 Å². The summed E-state index contributed by atoms with van der Waals surface area (Å²) in [5.41, 5.74) is 2.68. The molecule has 0 radical (unpaired) electrons. The zero-order chi connectivity index (χ0) is 13.0. The van der Waals surface area contributed by atoms with Gasteiger partial charge in [-0.25, -0.2) is 0 Å². The first-order valence-corrected chi connectivity index (χ1v) is 6.90. The lowest BCUT2D eigenvalue weighted by atomic mass is 10.0. The van der Waals surface area contributed by atoms with Gasteiger partial charge in [-0.3, -0.25) is 0 Å². The first-order valence-electron chi connectivity index (χ1n) is 6.90. The zero-order valence-electron chi connectivity index (χ0n) is 11.4. The van der Waals surface area contributed by atoms with Crippen LogP contribution >= 0.6 is 0 Å². The Labute approximate surface area is 110 Å². The van der Waals surface area contributed by atoms with E-state index >= 15 is 0 Å². The Hall–Kier alpha value is -1.06. The summed E-state index contributed by atoms with van der Waals surface area (Å²) in [6.45, 7) is 7.73. The van der Waals surface area contributed by atoms with Crippen molar-refractivity contribution >= 4 is 5.69 Å². The molecule has 2 rings (SSSR count). The monoisotopic (exact) mass is 248 g/mol. The summed E-state index contributed by atoms with van der Waals surface area (Å²) in [6.07, 6.45) is 0.834. The van der Waals surface area contributed by atoms with E-state index in [1.54, 1.807) is 0 Å². The second-order valence-electron chi connectivity index (χ2n) is 5.36. The number of nitrogens with one attached hydrogen (secondary N) is 1. The minimum atomic E-state index is 0.262. The van der Waals surface area contributed by atoms with E-state index in [9.17, 15) is 0 Å². The minimum Gasteiger partial charge on any atom is -0.396 e. The third kappa shape index (κ3) is 3.24. The Morgan fingerprint density at radius 2 is 2.06 bits per heavy atom. The van der Waals surface area contributed by atoms with Gasteiger partial charge in [0.1, 0.15) is 0 Å². The maximum Gasteiger partial charge on any atom is 0.0446 e. The molecule has 0 bridgehead atoms. The molecular formula is C15H24N2O. The van der Waals surface area contributed by atoms with E-state index in [0.717, 1.165) is 26.1 Å². The zero-order valence-corrected chi connectivity index (χ0v) is 11.4. The SMILES string of the molecule is CC(C)c1ccc(N2CCNC(CCO)C2)cc1. The van der Waals surface area contributed by atoms with Crippen molar-refractivity contribution in [2.75, 3.05) is 31.1 Å². The molecule has 0 spiro atoms. The Morgan fingerprint density at radius 1 is 1.33 bits per heavy atom. The molecule has 1 heterocycles. The summed E-state index contributed by atoms with van der Waals surface area (Å²) < 4.78 is 0. The lowest BCUT2D eigenvalue weighted by Gasteiger charge is -2.35. The van der Waals surface area contributed by atoms with Crippen molar-refractivity contribution in [1.82, 2.24) is 5.32 Å². The highest BCUT2D eigenvalue weighted by Gasteiger charge is 2.18. The number of piperazine rings is 1. The second kappa shape index (κ2) is 6.21. The molecule has 1 aromatic rings. The number of aliphatic hydroxyl groups excluding tert-OH is 1. The summed E-state index contributed by atoms with van der Waals surface area (Å²) in [6, 6.07) is 9.30. The van der Waals surface area contributed by atoms with E-state index in [4.69, 9.17) is 5.11 Å². The van der Waals surface area contributed by atoms with E-state index in [0.29, 0.717) is 12.0 Å². The van der Waals surface area contributed by atoms with Gasteiger partial charge in [-0.15, -0.1) is 0 Å². The van der Waals surface area contributed by atoms with Crippen LogP contribution in [0.15, 0.2) is 24.3 Å². The molecule has 0 aliphatic carbocycles. The van der Waals surface area contributed by atoms with Crippen molar-refractivity contribution in [1.29, 1.82) is 0 Å². The Kier molecular flexibility index (Phi) is 4.61. The number of benzene rings is 1. The van der Waals surface area contributed by atoms with E-state index in [1.165, 1.54) is 11.3 Å². The van der Waals surface area contributed by atoms with Crippen LogP contribution in [0.1, 0.15) is 31.7 Å². The molecule has 1 unspecified atom stereocenters. The van der Waals surface area contributed by atoms with E-state index in [2.05, 4.69) is 48.3 Å². The van der Waals surface area contributed by atoms with E-state index in [-0.39, 0.29) is 6.61 Å². The van der Waals surface area contributed by atoms with Gasteiger partial charge >= 0.3 is 0 Å². The summed E-state index contributed by atoms with van der Waals surface area (Å²) in [5, 5.41) is 12.5. The lowest BCUT2D eigenvalue weighted by Crippen LogP contribution is -2.51. The fourth-order valence-electron chi connectivity index (χ4n) is 2.48. The molecule has 1 atom stereocenters. The van der Waals surface area contributed by atoms with E-state index < -0.39 is 0 Å². The highest BCUT2D eigenvalue weighted by Crippen LogP contribution is 2.21. The minimum absolute atomic E-state index is 0.262. The molecule has 0 saturated carbocycles. The van der Waals surface area contributed by atoms with Crippen molar-refractivity contribution in [3.63, 3.8) is 0 Å². The topological polar surface area (TPSA) is 35.5 Å². The van der Waals surface area contributed by atoms with E-state index in [1.807, 2.05) is 0 Å². The van der Waals surface area contributed by atoms with Gasteiger partial charge in [0.05, 0.1) is 0 Å². The van der Waals surface area contributed by atoms with Gasteiger partial charge in [-0.1, -0.05) is 26.0 Å². The standard InChI is InChI=1S/C15H24N2O/c1-12(2)13-3-5-15(6-4-13)17-9-8-16-14(11-17)7-10-18/h3-6,12,14,16,18H,7-11H2,1-2H3. The number of hydrogen-bond acceptors (Lipinski definition) is 3. The van der Waals surface area contributed by atoms with Gasteiger partial charge in [0.2, 0.25) is 0 Å². The average molecular weight is 248 g/mol. The Bertz CT molecular complexity index is 359. The van der Waals surface area contributed by atoms with Crippen LogP contribution in [0.2, 0.25) is 0 Å². The van der Waals surface area contributed by atoms with Crippen LogP contribution in [0.5, 0.6) is 0 Å². The lowest BCUT2D eigenvalue weighted by molar-refractivity contribution is 0.260. The molecule has 18 heavy (non-hydrogen) atoms. The van der Waals surface area contributed by atoms with Gasteiger partial charge in [0, 0.05) is 38.0 Å². The maximum atomic E-state index is 9.01. The van der Waals surface area contributed by atoms with Gasteiger partial charge in [-0.2, -0.15) is 0 Å². The maximum absolute atomic E-state index is 9.01. The first kappa shape index (κ1) is 13.4. The van der Waals surface area contributed by atoms with Gasteiger partial charge in [-0.05, 0) is 30.0 Å². The van der Waals surface area contributed by atoms with Crippen LogP contribution < -0.4 is 10.2 Å². The molecule has 3 nitrogen and oxygen atoms in total. The number of nitrogens with zero attached hydrogens (tertiary/aromatic N) is 1. The quantitative estimate of drug-likeness (QED) is 0.855. The van der Waals surface area contributed by atoms with Gasteiger partial charge in [0.15, 0.2) is 0 Å². The predicted octanol–water partition coefficient (Wildman–Crippen LogP) is 1.97. The van der Waals surface area contributed by atoms with Crippen LogP contribution in [0, 0.1) is 0 Å². The van der Waals surface area contributed by atoms with Crippen LogP contribution in [0.4, 0.5) is 5.69 Å². The molecular weight excluding hydrogens is 224 g/mol. The fraction of sp³-hybridized carbons (Fsp3) is 0.600. The van der Waals surface area contributed by atoms with Gasteiger partial charge < -0.3 is 15.3 Å². The predicted molar refractivity (Wildman–Crippen MR) is 76.2 cm³/mol. The number of anilines is 1. The molecule has 0 aromatic heterocycles. The summed E-state index contributed by atoms with van der Waals surface area (Å²) in [7, 11) is 0. The van der Waals surface area contributed by atoms with Crippen molar-refractivity contribution in [2.45, 2.75) is 32.2 Å². The van der Waals surface area contributed by atoms with Crippen LogP contribution in [0.25, 0.3) is 0 Å². The highest BCUT2D eigenvalue weighted by atomic mass is 16.3. The molecule has 3 heteroatoms. The van der Waals surface area contributed by atoms with Crippen molar-refractivity contribution in [3.8, 4) is 0 Å². The third-order valence-electron chi connectivity index (χ3n) is 3.66. The molecule has 1 fully saturated rings. The first-order chi connectivity index (χ1) is 8.70. The molecule has 2 N–H and O–H groups in total. The number of aliphatic hydroxyl groups is 1.